The van der Waals surface area contributed by atoms with E-state index in [0.717, 1.165) is 10.2 Å². The fourth-order valence-corrected chi connectivity index (χ4v) is 2.85. The fraction of sp³-hybridized carbons (Fsp3) is 0.111. The van der Waals surface area contributed by atoms with E-state index in [1.807, 2.05) is 18.2 Å². The average Bonchev–Trinajstić information content (AvgIpc) is 2.65. The summed E-state index contributed by atoms with van der Waals surface area (Å²) in [7, 11) is 0. The zero-order chi connectivity index (χ0) is 19.4. The summed E-state index contributed by atoms with van der Waals surface area (Å²) in [5.74, 6) is 0.584. The lowest BCUT2D eigenvalue weighted by molar-refractivity contribution is 0.306. The van der Waals surface area contributed by atoms with Gasteiger partial charge in [-0.2, -0.15) is 14.9 Å². The van der Waals surface area contributed by atoms with Gasteiger partial charge in [-0.05, 0) is 43.4 Å². The second kappa shape index (κ2) is 8.47. The summed E-state index contributed by atoms with van der Waals surface area (Å²) in [6.07, 6.45) is 1.50. The van der Waals surface area contributed by atoms with Gasteiger partial charge in [-0.25, -0.2) is 0 Å². The van der Waals surface area contributed by atoms with Gasteiger partial charge in [0.05, 0.1) is 6.21 Å². The number of hydrogen-bond donors (Lipinski definition) is 1. The monoisotopic (exact) mass is 420 g/mol. The molecule has 0 fully saturated rings. The van der Waals surface area contributed by atoms with E-state index in [1.54, 1.807) is 31.2 Å². The van der Waals surface area contributed by atoms with Crippen LogP contribution in [0.15, 0.2) is 52.4 Å². The van der Waals surface area contributed by atoms with Gasteiger partial charge in [-0.15, -0.1) is 0 Å². The van der Waals surface area contributed by atoms with Crippen molar-refractivity contribution in [3.63, 3.8) is 0 Å². The van der Waals surface area contributed by atoms with Crippen LogP contribution in [0.2, 0.25) is 10.0 Å². The highest BCUT2D eigenvalue weighted by Gasteiger charge is 2.06. The first kappa shape index (κ1) is 19.3. The van der Waals surface area contributed by atoms with E-state index in [9.17, 15) is 4.79 Å². The maximum atomic E-state index is 12.1. The van der Waals surface area contributed by atoms with Crippen molar-refractivity contribution in [3.8, 4) is 5.75 Å². The summed E-state index contributed by atoms with van der Waals surface area (Å²) in [5, 5.41) is 11.6. The molecule has 0 bridgehead atoms. The van der Waals surface area contributed by atoms with Crippen molar-refractivity contribution in [1.29, 1.82) is 0 Å². The van der Waals surface area contributed by atoms with Crippen molar-refractivity contribution >= 4 is 41.6 Å². The Morgan fingerprint density at radius 1 is 1.30 bits per heavy atom. The van der Waals surface area contributed by atoms with Crippen LogP contribution < -0.4 is 10.3 Å². The zero-order valence-electron chi connectivity index (χ0n) is 14.1. The third kappa shape index (κ3) is 4.63. The summed E-state index contributed by atoms with van der Waals surface area (Å²) >= 11 is 17.1. The van der Waals surface area contributed by atoms with Crippen LogP contribution in [0.4, 0.5) is 0 Å². The van der Waals surface area contributed by atoms with E-state index in [4.69, 9.17) is 40.2 Å². The molecule has 27 heavy (non-hydrogen) atoms. The van der Waals surface area contributed by atoms with Gasteiger partial charge >= 0.3 is 0 Å². The molecule has 1 aromatic heterocycles. The zero-order valence-corrected chi connectivity index (χ0v) is 16.5. The Morgan fingerprint density at radius 2 is 2.07 bits per heavy atom. The molecule has 6 nitrogen and oxygen atoms in total. The second-order valence-electron chi connectivity index (χ2n) is 5.54. The summed E-state index contributed by atoms with van der Waals surface area (Å²) < 4.78 is 7.04. The molecule has 0 aliphatic carbocycles. The molecule has 0 unspecified atom stereocenters. The Kier molecular flexibility index (Phi) is 6.05. The first-order valence-corrected chi connectivity index (χ1v) is 9.00. The molecule has 0 saturated heterocycles. The number of hydrogen-bond acceptors (Lipinski definition) is 5. The highest BCUT2D eigenvalue weighted by atomic mass is 35.5. The van der Waals surface area contributed by atoms with E-state index in [1.165, 1.54) is 6.21 Å². The Morgan fingerprint density at radius 3 is 2.85 bits per heavy atom. The molecule has 9 heteroatoms. The predicted octanol–water partition coefficient (Wildman–Crippen LogP) is 4.38. The molecule has 0 saturated carbocycles. The number of aromatic nitrogens is 3. The minimum Gasteiger partial charge on any atom is -0.488 e. The Hall–Kier alpha value is -2.48. The lowest BCUT2D eigenvalue weighted by Gasteiger charge is -2.10. The summed E-state index contributed by atoms with van der Waals surface area (Å²) in [6.45, 7) is 1.84. The molecule has 0 atom stereocenters. The summed E-state index contributed by atoms with van der Waals surface area (Å²) in [6, 6.07) is 12.5. The minimum atomic E-state index is -0.388. The number of halogens is 2. The molecule has 0 aliphatic heterocycles. The SMILES string of the molecule is Cc1n[nH]c(=S)n(/N=C/c2ccccc2OCc2ccc(Cl)cc2Cl)c1=O. The molecule has 1 heterocycles. The van der Waals surface area contributed by atoms with Gasteiger partial charge in [0.2, 0.25) is 4.77 Å². The molecule has 3 rings (SSSR count). The highest BCUT2D eigenvalue weighted by Crippen LogP contribution is 2.23. The van der Waals surface area contributed by atoms with Gasteiger partial charge in [-0.1, -0.05) is 41.4 Å². The molecule has 138 valence electrons. The molecular formula is C18H14Cl2N4O2S. The molecule has 0 aliphatic rings. The van der Waals surface area contributed by atoms with E-state index >= 15 is 0 Å². The molecule has 3 aromatic rings. The number of rotatable bonds is 5. The Labute approximate surface area is 170 Å². The van der Waals surface area contributed by atoms with Crippen LogP contribution in [0.5, 0.6) is 5.75 Å². The Balaban J connectivity index is 1.85. The number of benzene rings is 2. The van der Waals surface area contributed by atoms with E-state index in [0.29, 0.717) is 21.4 Å². The van der Waals surface area contributed by atoms with Gasteiger partial charge < -0.3 is 4.74 Å². The number of aryl methyl sites for hydroxylation is 1. The molecule has 0 radical (unpaired) electrons. The van der Waals surface area contributed by atoms with E-state index < -0.39 is 0 Å². The maximum absolute atomic E-state index is 12.1. The first-order chi connectivity index (χ1) is 13.0. The summed E-state index contributed by atoms with van der Waals surface area (Å²) in [5.41, 5.74) is 1.36. The van der Waals surface area contributed by atoms with Gasteiger partial charge in [-0.3, -0.25) is 9.89 Å². The number of para-hydroxylation sites is 1. The largest absolute Gasteiger partial charge is 0.488 e. The van der Waals surface area contributed by atoms with Crippen molar-refractivity contribution in [2.75, 3.05) is 0 Å². The molecular weight excluding hydrogens is 407 g/mol. The van der Waals surface area contributed by atoms with E-state index in [-0.39, 0.29) is 22.6 Å². The van der Waals surface area contributed by atoms with Crippen LogP contribution in [0.1, 0.15) is 16.8 Å². The van der Waals surface area contributed by atoms with Crippen LogP contribution >= 0.6 is 35.4 Å². The normalized spacial score (nSPS) is 11.1. The number of nitrogens with zero attached hydrogens (tertiary/aromatic N) is 3. The molecule has 0 spiro atoms. The fourth-order valence-electron chi connectivity index (χ4n) is 2.21. The number of H-pyrrole nitrogens is 1. The van der Waals surface area contributed by atoms with Crippen LogP contribution in [0, 0.1) is 11.7 Å². The number of ether oxygens (including phenoxy) is 1. The van der Waals surface area contributed by atoms with Crippen LogP contribution in [0.3, 0.4) is 0 Å². The maximum Gasteiger partial charge on any atom is 0.296 e. The third-order valence-electron chi connectivity index (χ3n) is 3.64. The number of aromatic amines is 1. The molecule has 1 N–H and O–H groups in total. The van der Waals surface area contributed by atoms with Crippen molar-refractivity contribution in [2.24, 2.45) is 5.10 Å². The topological polar surface area (TPSA) is 72.3 Å². The predicted molar refractivity (Wildman–Crippen MR) is 109 cm³/mol. The Bertz CT molecular complexity index is 1120. The number of nitrogens with one attached hydrogen (secondary N) is 1. The van der Waals surface area contributed by atoms with Crippen molar-refractivity contribution in [2.45, 2.75) is 13.5 Å². The minimum absolute atomic E-state index is 0.105. The van der Waals surface area contributed by atoms with Crippen LogP contribution in [0.25, 0.3) is 0 Å². The van der Waals surface area contributed by atoms with Gasteiger partial charge in [0.25, 0.3) is 5.56 Å². The average molecular weight is 421 g/mol. The molecule has 2 aromatic carbocycles. The lowest BCUT2D eigenvalue weighted by atomic mass is 10.2. The van der Waals surface area contributed by atoms with Gasteiger partial charge in [0, 0.05) is 21.2 Å². The van der Waals surface area contributed by atoms with Crippen molar-refractivity contribution < 1.29 is 4.74 Å². The highest BCUT2D eigenvalue weighted by molar-refractivity contribution is 7.71. The third-order valence-corrected chi connectivity index (χ3v) is 4.49. The first-order valence-electron chi connectivity index (χ1n) is 7.84. The second-order valence-corrected chi connectivity index (χ2v) is 6.77. The van der Waals surface area contributed by atoms with E-state index in [2.05, 4.69) is 15.3 Å². The van der Waals surface area contributed by atoms with Crippen LogP contribution in [-0.4, -0.2) is 21.1 Å². The van der Waals surface area contributed by atoms with Crippen LogP contribution in [-0.2, 0) is 6.61 Å². The standard InChI is InChI=1S/C18H14Cl2N4O2S/c1-11-17(25)24(18(27)23-22-11)21-9-12-4-2-3-5-16(12)26-10-13-6-7-14(19)8-15(13)20/h2-9H,10H2,1H3,(H,23,27)/b21-9+. The summed E-state index contributed by atoms with van der Waals surface area (Å²) in [4.78, 5) is 12.1. The van der Waals surface area contributed by atoms with Crippen molar-refractivity contribution in [1.82, 2.24) is 14.9 Å². The smallest absolute Gasteiger partial charge is 0.296 e. The van der Waals surface area contributed by atoms with Gasteiger partial charge in [0.15, 0.2) is 0 Å². The van der Waals surface area contributed by atoms with Crippen molar-refractivity contribution in [3.05, 3.63) is 84.5 Å². The quantitative estimate of drug-likeness (QED) is 0.490. The molecule has 0 amide bonds. The van der Waals surface area contributed by atoms with Gasteiger partial charge in [0.1, 0.15) is 18.1 Å². The lowest BCUT2D eigenvalue weighted by Crippen LogP contribution is -2.22.